The standard InChI is InChI=1S/C46H82NO7P/c1-6-8-10-12-14-16-18-20-22-24-25-27-29-31-33-35-37-39-46(48)54-45(44-53-55(49,50)52-42-40-47(3,4)5)43-51-41-38-36-34-32-30-28-26-23-21-19-17-15-13-11-9-7-2/h14,16,20-23,25,27,31,33,38,41,45H,6-13,15,17-19,24,26,28-30,32,34-37,39-40,42-44H2,1-5H3/b16-14-,22-20-,23-21-,27-25-,33-31-,41-38-/t45-/m1/s1. The van der Waals surface area contributed by atoms with Gasteiger partial charge in [0, 0.05) is 6.42 Å². The van der Waals surface area contributed by atoms with Gasteiger partial charge in [-0.05, 0) is 89.5 Å². The Morgan fingerprint density at radius 1 is 0.582 bits per heavy atom. The van der Waals surface area contributed by atoms with E-state index < -0.39 is 19.9 Å². The van der Waals surface area contributed by atoms with Gasteiger partial charge >= 0.3 is 5.97 Å². The van der Waals surface area contributed by atoms with Crippen molar-refractivity contribution in [2.45, 2.75) is 168 Å². The number of likely N-dealkylation sites (N-methyl/N-ethyl adjacent to an activating group) is 1. The molecule has 0 aromatic carbocycles. The van der Waals surface area contributed by atoms with Crippen molar-refractivity contribution in [2.75, 3.05) is 47.5 Å². The summed E-state index contributed by atoms with van der Waals surface area (Å²) in [5.74, 6) is -0.416. The SMILES string of the molecule is CCCCC/C=C\C/C=C\C/C=C\C/C=C\CCCC(=O)O[C@H](CO/C=C\CCCCCC/C=C\CCCCCCCC)COP(=O)([O-])OCC[N+](C)(C)C. The molecule has 0 aromatic rings. The number of carbonyl (C=O) groups is 1. The first-order chi connectivity index (χ1) is 26.6. The predicted molar refractivity (Wildman–Crippen MR) is 231 cm³/mol. The molecule has 0 spiro atoms. The molecule has 0 amide bonds. The highest BCUT2D eigenvalue weighted by atomic mass is 31.2. The van der Waals surface area contributed by atoms with Gasteiger partial charge in [-0.25, -0.2) is 0 Å². The van der Waals surface area contributed by atoms with Crippen LogP contribution in [0.4, 0.5) is 0 Å². The summed E-state index contributed by atoms with van der Waals surface area (Å²) in [7, 11) is 1.27. The third-order valence-electron chi connectivity index (χ3n) is 8.79. The van der Waals surface area contributed by atoms with Crippen LogP contribution in [0.3, 0.4) is 0 Å². The topological polar surface area (TPSA) is 94.1 Å². The fourth-order valence-electron chi connectivity index (χ4n) is 5.38. The van der Waals surface area contributed by atoms with Crippen molar-refractivity contribution in [3.05, 3.63) is 73.1 Å². The number of phosphoric ester groups is 1. The highest BCUT2D eigenvalue weighted by Crippen LogP contribution is 2.38. The molecule has 0 rings (SSSR count). The van der Waals surface area contributed by atoms with E-state index in [2.05, 4.69) is 74.6 Å². The summed E-state index contributed by atoms with van der Waals surface area (Å²) in [6, 6.07) is 0. The molecule has 0 aromatic heterocycles. The maximum Gasteiger partial charge on any atom is 0.306 e. The predicted octanol–water partition coefficient (Wildman–Crippen LogP) is 12.4. The summed E-state index contributed by atoms with van der Waals surface area (Å²) >= 11 is 0. The Morgan fingerprint density at radius 2 is 1.02 bits per heavy atom. The Labute approximate surface area is 338 Å². The Bertz CT molecular complexity index is 1110. The van der Waals surface area contributed by atoms with E-state index in [1.165, 1.54) is 83.5 Å². The Kier molecular flexibility index (Phi) is 37.1. The maximum absolute atomic E-state index is 12.6. The van der Waals surface area contributed by atoms with Crippen LogP contribution in [0.25, 0.3) is 0 Å². The molecule has 0 fully saturated rings. The number of hydrogen-bond donors (Lipinski definition) is 0. The lowest BCUT2D eigenvalue weighted by molar-refractivity contribution is -0.870. The van der Waals surface area contributed by atoms with Crippen LogP contribution in [-0.2, 0) is 27.9 Å². The second kappa shape index (κ2) is 38.6. The second-order valence-corrected chi connectivity index (χ2v) is 16.8. The summed E-state index contributed by atoms with van der Waals surface area (Å²) in [5, 5.41) is 0. The first-order valence-corrected chi connectivity index (χ1v) is 23.2. The second-order valence-electron chi connectivity index (χ2n) is 15.4. The first kappa shape index (κ1) is 52.8. The molecule has 0 saturated carbocycles. The minimum atomic E-state index is -4.56. The quantitative estimate of drug-likeness (QED) is 0.0153. The molecule has 0 heterocycles. The number of nitrogens with zero attached hydrogens (tertiary/aromatic N) is 1. The number of phosphoric acid groups is 1. The zero-order chi connectivity index (χ0) is 40.6. The lowest BCUT2D eigenvalue weighted by atomic mass is 10.1. The van der Waals surface area contributed by atoms with E-state index in [4.69, 9.17) is 18.5 Å². The van der Waals surface area contributed by atoms with Crippen LogP contribution in [-0.4, -0.2) is 64.1 Å². The molecule has 0 N–H and O–H groups in total. The fraction of sp³-hybridized carbons (Fsp3) is 0.717. The lowest BCUT2D eigenvalue weighted by Crippen LogP contribution is -2.37. The minimum absolute atomic E-state index is 0.00140. The molecular formula is C46H82NO7P. The van der Waals surface area contributed by atoms with Crippen LogP contribution in [0.2, 0.25) is 0 Å². The van der Waals surface area contributed by atoms with Gasteiger partial charge in [-0.1, -0.05) is 132 Å². The molecule has 0 aliphatic heterocycles. The molecule has 1 unspecified atom stereocenters. The summed E-state index contributed by atoms with van der Waals surface area (Å²) in [4.78, 5) is 25.0. The molecule has 0 radical (unpaired) electrons. The smallest absolute Gasteiger partial charge is 0.306 e. The third kappa shape index (κ3) is 42.8. The van der Waals surface area contributed by atoms with Gasteiger partial charge in [0.25, 0.3) is 7.82 Å². The zero-order valence-corrected chi connectivity index (χ0v) is 36.7. The van der Waals surface area contributed by atoms with Gasteiger partial charge < -0.3 is 27.9 Å². The molecule has 9 heteroatoms. The zero-order valence-electron chi connectivity index (χ0n) is 35.8. The monoisotopic (exact) mass is 792 g/mol. The largest absolute Gasteiger partial charge is 0.756 e. The number of hydrogen-bond acceptors (Lipinski definition) is 7. The average Bonchev–Trinajstić information content (AvgIpc) is 3.13. The van der Waals surface area contributed by atoms with Gasteiger partial charge in [-0.15, -0.1) is 0 Å². The average molecular weight is 792 g/mol. The number of allylic oxidation sites excluding steroid dienone is 11. The molecular weight excluding hydrogens is 709 g/mol. The Morgan fingerprint density at radius 3 is 1.56 bits per heavy atom. The van der Waals surface area contributed by atoms with Crippen molar-refractivity contribution < 1.29 is 37.3 Å². The van der Waals surface area contributed by atoms with Crippen molar-refractivity contribution in [1.29, 1.82) is 0 Å². The van der Waals surface area contributed by atoms with Gasteiger partial charge in [0.2, 0.25) is 0 Å². The number of esters is 1. The minimum Gasteiger partial charge on any atom is -0.756 e. The van der Waals surface area contributed by atoms with E-state index in [1.54, 1.807) is 6.26 Å². The molecule has 55 heavy (non-hydrogen) atoms. The van der Waals surface area contributed by atoms with Crippen molar-refractivity contribution in [2.24, 2.45) is 0 Å². The number of ether oxygens (including phenoxy) is 2. The Hall–Kier alpha value is -2.22. The summed E-state index contributed by atoms with van der Waals surface area (Å²) in [6.07, 6.45) is 50.1. The highest BCUT2D eigenvalue weighted by molar-refractivity contribution is 7.45. The summed E-state index contributed by atoms with van der Waals surface area (Å²) < 4.78 is 34.2. The van der Waals surface area contributed by atoms with Crippen molar-refractivity contribution in [1.82, 2.24) is 0 Å². The van der Waals surface area contributed by atoms with Crippen LogP contribution in [0.15, 0.2) is 73.1 Å². The van der Waals surface area contributed by atoms with Crippen molar-refractivity contribution in [3.8, 4) is 0 Å². The number of unbranched alkanes of at least 4 members (excludes halogenated alkanes) is 15. The normalized spacial score (nSPS) is 14.4. The van der Waals surface area contributed by atoms with E-state index in [0.717, 1.165) is 51.4 Å². The lowest BCUT2D eigenvalue weighted by Gasteiger charge is -2.28. The molecule has 0 aliphatic rings. The van der Waals surface area contributed by atoms with Crippen LogP contribution in [0.1, 0.15) is 162 Å². The first-order valence-electron chi connectivity index (χ1n) is 21.7. The van der Waals surface area contributed by atoms with E-state index in [-0.39, 0.29) is 26.2 Å². The molecule has 0 bridgehead atoms. The van der Waals surface area contributed by atoms with Gasteiger partial charge in [-0.3, -0.25) is 9.36 Å². The molecule has 2 atom stereocenters. The Balaban J connectivity index is 4.44. The van der Waals surface area contributed by atoms with Gasteiger partial charge in [0.15, 0.2) is 6.10 Å². The van der Waals surface area contributed by atoms with Gasteiger partial charge in [-0.2, -0.15) is 0 Å². The van der Waals surface area contributed by atoms with Crippen LogP contribution in [0.5, 0.6) is 0 Å². The van der Waals surface area contributed by atoms with Crippen molar-refractivity contribution >= 4 is 13.8 Å². The van der Waals surface area contributed by atoms with Gasteiger partial charge in [0.05, 0.1) is 34.0 Å². The molecule has 318 valence electrons. The van der Waals surface area contributed by atoms with Crippen molar-refractivity contribution in [3.63, 3.8) is 0 Å². The van der Waals surface area contributed by atoms with E-state index in [9.17, 15) is 14.3 Å². The molecule has 0 aliphatic carbocycles. The summed E-state index contributed by atoms with van der Waals surface area (Å²) in [5.41, 5.74) is 0. The van der Waals surface area contributed by atoms with E-state index in [0.29, 0.717) is 17.4 Å². The molecule has 8 nitrogen and oxygen atoms in total. The van der Waals surface area contributed by atoms with Gasteiger partial charge in [0.1, 0.15) is 19.8 Å². The fourth-order valence-corrected chi connectivity index (χ4v) is 6.11. The maximum atomic E-state index is 12.6. The van der Waals surface area contributed by atoms with Crippen LogP contribution in [0, 0.1) is 0 Å². The number of quaternary nitrogens is 1. The highest BCUT2D eigenvalue weighted by Gasteiger charge is 2.20. The number of carbonyl (C=O) groups excluding carboxylic acids is 1. The van der Waals surface area contributed by atoms with E-state index in [1.807, 2.05) is 27.2 Å². The third-order valence-corrected chi connectivity index (χ3v) is 9.76. The summed E-state index contributed by atoms with van der Waals surface area (Å²) in [6.45, 7) is 4.61. The molecule has 0 saturated heterocycles. The number of rotatable bonds is 39. The van der Waals surface area contributed by atoms with E-state index >= 15 is 0 Å². The van der Waals surface area contributed by atoms with Crippen LogP contribution >= 0.6 is 7.82 Å². The van der Waals surface area contributed by atoms with Crippen LogP contribution < -0.4 is 4.89 Å².